The van der Waals surface area contributed by atoms with Crippen LogP contribution in [0.2, 0.25) is 0 Å². The van der Waals surface area contributed by atoms with Gasteiger partial charge in [0.25, 0.3) is 0 Å². The number of ether oxygens (including phenoxy) is 1. The largest absolute Gasteiger partial charge is 0.479 e. The molecular formula is C21H33NO4. The second kappa shape index (κ2) is 10.8. The summed E-state index contributed by atoms with van der Waals surface area (Å²) in [5.41, 5.74) is -0.188. The van der Waals surface area contributed by atoms with Crippen LogP contribution >= 0.6 is 0 Å². The third kappa shape index (κ3) is 6.04. The van der Waals surface area contributed by atoms with Gasteiger partial charge in [0, 0.05) is 6.54 Å². The minimum Gasteiger partial charge on any atom is -0.479 e. The van der Waals surface area contributed by atoms with E-state index in [-0.39, 0.29) is 12.5 Å². The van der Waals surface area contributed by atoms with Crippen LogP contribution in [0, 0.1) is 5.92 Å². The van der Waals surface area contributed by atoms with Crippen molar-refractivity contribution in [1.29, 1.82) is 0 Å². The molecule has 1 atom stereocenters. The Morgan fingerprint density at radius 2 is 1.85 bits per heavy atom. The molecule has 146 valence electrons. The van der Waals surface area contributed by atoms with Gasteiger partial charge in [0.2, 0.25) is 0 Å². The second-order valence-electron chi connectivity index (χ2n) is 7.12. The molecule has 0 bridgehead atoms. The van der Waals surface area contributed by atoms with E-state index in [0.29, 0.717) is 25.8 Å². The molecule has 1 rings (SSSR count). The first kappa shape index (κ1) is 22.0. The summed E-state index contributed by atoms with van der Waals surface area (Å²) >= 11 is 0. The van der Waals surface area contributed by atoms with Crippen LogP contribution in [-0.4, -0.2) is 40.8 Å². The number of nitrogens with zero attached hydrogens (tertiary/aromatic N) is 1. The highest BCUT2D eigenvalue weighted by Gasteiger charge is 2.47. The normalized spacial score (nSPS) is 13.3. The highest BCUT2D eigenvalue weighted by Crippen LogP contribution is 2.31. The molecule has 26 heavy (non-hydrogen) atoms. The minimum atomic E-state index is -1.26. The average molecular weight is 363 g/mol. The Hall–Kier alpha value is -2.04. The van der Waals surface area contributed by atoms with Gasteiger partial charge in [0.1, 0.15) is 5.54 Å². The fraction of sp³-hybridized carbons (Fsp3) is 0.619. The zero-order valence-corrected chi connectivity index (χ0v) is 16.5. The highest BCUT2D eigenvalue weighted by molar-refractivity contribution is 5.84. The lowest BCUT2D eigenvalue weighted by atomic mass is 9.82. The van der Waals surface area contributed by atoms with Crippen molar-refractivity contribution in [2.45, 2.75) is 65.3 Å². The van der Waals surface area contributed by atoms with E-state index in [1.165, 1.54) is 4.90 Å². The van der Waals surface area contributed by atoms with Gasteiger partial charge in [0.15, 0.2) is 0 Å². The van der Waals surface area contributed by atoms with Crippen LogP contribution in [0.3, 0.4) is 0 Å². The van der Waals surface area contributed by atoms with Crippen LogP contribution in [0.4, 0.5) is 4.79 Å². The molecule has 0 fully saturated rings. The third-order valence-electron chi connectivity index (χ3n) is 4.55. The number of hydrogen-bond donors (Lipinski definition) is 1. The van der Waals surface area contributed by atoms with Crippen LogP contribution in [0.15, 0.2) is 30.3 Å². The SMILES string of the molecule is CCCCN(C(=O)OCC)C(CCc1ccccc1)(CC(C)C)C(=O)O. The molecule has 1 unspecified atom stereocenters. The topological polar surface area (TPSA) is 66.8 Å². The first-order valence-electron chi connectivity index (χ1n) is 9.59. The summed E-state index contributed by atoms with van der Waals surface area (Å²) in [5, 5.41) is 10.2. The predicted molar refractivity (Wildman–Crippen MR) is 103 cm³/mol. The minimum absolute atomic E-state index is 0.139. The van der Waals surface area contributed by atoms with Gasteiger partial charge in [-0.05, 0) is 44.1 Å². The lowest BCUT2D eigenvalue weighted by Crippen LogP contribution is -2.58. The zero-order chi connectivity index (χ0) is 19.6. The molecule has 0 spiro atoms. The number of hydrogen-bond acceptors (Lipinski definition) is 3. The number of carbonyl (C=O) groups excluding carboxylic acids is 1. The number of rotatable bonds is 11. The van der Waals surface area contributed by atoms with Crippen molar-refractivity contribution >= 4 is 12.1 Å². The van der Waals surface area contributed by atoms with E-state index in [4.69, 9.17) is 4.74 Å². The molecule has 5 heteroatoms. The lowest BCUT2D eigenvalue weighted by molar-refractivity contribution is -0.152. The molecule has 5 nitrogen and oxygen atoms in total. The Kier molecular flexibility index (Phi) is 9.17. The smallest absolute Gasteiger partial charge is 0.410 e. The number of carboxylic acid groups (broad SMARTS) is 1. The number of aliphatic carboxylic acids is 1. The number of carboxylic acids is 1. The van der Waals surface area contributed by atoms with Gasteiger partial charge in [-0.1, -0.05) is 57.5 Å². The van der Waals surface area contributed by atoms with Gasteiger partial charge >= 0.3 is 12.1 Å². The second-order valence-corrected chi connectivity index (χ2v) is 7.12. The molecule has 1 N–H and O–H groups in total. The van der Waals surface area contributed by atoms with Crippen molar-refractivity contribution < 1.29 is 19.4 Å². The summed E-state index contributed by atoms with van der Waals surface area (Å²) < 4.78 is 5.21. The number of aryl methyl sites for hydroxylation is 1. The predicted octanol–water partition coefficient (Wildman–Crippen LogP) is 4.75. The van der Waals surface area contributed by atoms with E-state index in [9.17, 15) is 14.7 Å². The summed E-state index contributed by atoms with van der Waals surface area (Å²) in [6.45, 7) is 8.37. The van der Waals surface area contributed by atoms with Gasteiger partial charge < -0.3 is 9.84 Å². The Balaban J connectivity index is 3.22. The van der Waals surface area contributed by atoms with Gasteiger partial charge in [-0.2, -0.15) is 0 Å². The third-order valence-corrected chi connectivity index (χ3v) is 4.55. The van der Waals surface area contributed by atoms with E-state index < -0.39 is 17.6 Å². The Bertz CT molecular complexity index is 558. The van der Waals surface area contributed by atoms with Crippen molar-refractivity contribution in [1.82, 2.24) is 4.90 Å². The molecule has 0 aromatic heterocycles. The van der Waals surface area contributed by atoms with Gasteiger partial charge in [-0.3, -0.25) is 4.90 Å². The first-order chi connectivity index (χ1) is 12.4. The molecule has 1 aromatic carbocycles. The molecule has 0 radical (unpaired) electrons. The summed E-state index contributed by atoms with van der Waals surface area (Å²) in [4.78, 5) is 26.5. The zero-order valence-electron chi connectivity index (χ0n) is 16.5. The lowest BCUT2D eigenvalue weighted by Gasteiger charge is -2.41. The molecule has 1 amide bonds. The molecule has 0 saturated carbocycles. The Labute approximate surface area is 157 Å². The van der Waals surface area contributed by atoms with Gasteiger partial charge in [-0.15, -0.1) is 0 Å². The summed E-state index contributed by atoms with van der Waals surface area (Å²) in [5.74, 6) is -0.813. The summed E-state index contributed by atoms with van der Waals surface area (Å²) in [7, 11) is 0. The Morgan fingerprint density at radius 3 is 2.35 bits per heavy atom. The number of benzene rings is 1. The van der Waals surface area contributed by atoms with Crippen molar-refractivity contribution in [3.05, 3.63) is 35.9 Å². The van der Waals surface area contributed by atoms with E-state index in [0.717, 1.165) is 18.4 Å². The summed E-state index contributed by atoms with van der Waals surface area (Å²) in [6, 6.07) is 9.81. The van der Waals surface area contributed by atoms with Crippen LogP contribution in [0.1, 0.15) is 58.9 Å². The number of unbranched alkanes of at least 4 members (excludes halogenated alkanes) is 1. The van der Waals surface area contributed by atoms with Crippen molar-refractivity contribution in [2.24, 2.45) is 5.92 Å². The van der Waals surface area contributed by atoms with Crippen molar-refractivity contribution in [3.8, 4) is 0 Å². The first-order valence-corrected chi connectivity index (χ1v) is 9.59. The van der Waals surface area contributed by atoms with Crippen LogP contribution < -0.4 is 0 Å². The van der Waals surface area contributed by atoms with Crippen molar-refractivity contribution in [2.75, 3.05) is 13.2 Å². The van der Waals surface area contributed by atoms with E-state index >= 15 is 0 Å². The molecule has 0 aliphatic carbocycles. The maximum absolute atomic E-state index is 12.6. The fourth-order valence-electron chi connectivity index (χ4n) is 3.33. The molecular weight excluding hydrogens is 330 g/mol. The molecule has 1 aromatic rings. The van der Waals surface area contributed by atoms with Gasteiger partial charge in [-0.25, -0.2) is 9.59 Å². The Morgan fingerprint density at radius 1 is 1.19 bits per heavy atom. The van der Waals surface area contributed by atoms with Crippen molar-refractivity contribution in [3.63, 3.8) is 0 Å². The number of amides is 1. The monoisotopic (exact) mass is 363 g/mol. The highest BCUT2D eigenvalue weighted by atomic mass is 16.6. The maximum atomic E-state index is 12.6. The molecule has 0 heterocycles. The summed E-state index contributed by atoms with van der Waals surface area (Å²) in [6.07, 6.45) is 2.47. The van der Waals surface area contributed by atoms with E-state index in [2.05, 4.69) is 0 Å². The van der Waals surface area contributed by atoms with Crippen LogP contribution in [-0.2, 0) is 16.0 Å². The fourth-order valence-corrected chi connectivity index (χ4v) is 3.33. The number of carbonyl (C=O) groups is 2. The van der Waals surface area contributed by atoms with Crippen LogP contribution in [0.25, 0.3) is 0 Å². The maximum Gasteiger partial charge on any atom is 0.410 e. The molecule has 0 saturated heterocycles. The van der Waals surface area contributed by atoms with Gasteiger partial charge in [0.05, 0.1) is 6.61 Å². The molecule has 0 aliphatic heterocycles. The van der Waals surface area contributed by atoms with E-state index in [1.807, 2.05) is 51.1 Å². The average Bonchev–Trinajstić information content (AvgIpc) is 2.60. The molecule has 0 aliphatic rings. The quantitative estimate of drug-likeness (QED) is 0.616. The van der Waals surface area contributed by atoms with E-state index in [1.54, 1.807) is 6.92 Å². The van der Waals surface area contributed by atoms with Crippen LogP contribution in [0.5, 0.6) is 0 Å². The standard InChI is InChI=1S/C21H33NO4/c1-5-7-15-22(20(25)26-6-2)21(19(23)24,16-17(3)4)14-13-18-11-9-8-10-12-18/h8-12,17H,5-7,13-16H2,1-4H3,(H,23,24).